The molecule has 0 bridgehead atoms. The number of carboxylic acid groups (broad SMARTS) is 1. The lowest BCUT2D eigenvalue weighted by molar-refractivity contribution is -0.143. The van der Waals surface area contributed by atoms with Gasteiger partial charge in [0.1, 0.15) is 6.04 Å². The SMILES string of the molecule is CCCCCCCN1CCC(N2CCCC2C(=O)O)CC1. The minimum absolute atomic E-state index is 0.212. The van der Waals surface area contributed by atoms with E-state index >= 15 is 0 Å². The maximum absolute atomic E-state index is 11.3. The molecule has 0 aromatic heterocycles. The Bertz CT molecular complexity index is 314. The van der Waals surface area contributed by atoms with Gasteiger partial charge in [-0.3, -0.25) is 9.69 Å². The summed E-state index contributed by atoms with van der Waals surface area (Å²) in [7, 11) is 0. The molecule has 0 saturated carbocycles. The van der Waals surface area contributed by atoms with E-state index in [0.29, 0.717) is 6.04 Å². The van der Waals surface area contributed by atoms with E-state index in [0.717, 1.165) is 45.3 Å². The van der Waals surface area contributed by atoms with Gasteiger partial charge >= 0.3 is 5.97 Å². The van der Waals surface area contributed by atoms with Crippen molar-refractivity contribution >= 4 is 5.97 Å². The Labute approximate surface area is 129 Å². The molecule has 1 unspecified atom stereocenters. The summed E-state index contributed by atoms with van der Waals surface area (Å²) in [6.45, 7) is 6.79. The molecule has 0 aliphatic carbocycles. The summed E-state index contributed by atoms with van der Waals surface area (Å²) < 4.78 is 0. The number of carboxylic acids is 1. The second-order valence-corrected chi connectivity index (χ2v) is 6.72. The van der Waals surface area contributed by atoms with Gasteiger partial charge in [-0.1, -0.05) is 32.6 Å². The zero-order valence-corrected chi connectivity index (χ0v) is 13.6. The number of likely N-dealkylation sites (tertiary alicyclic amines) is 2. The number of nitrogens with zero attached hydrogens (tertiary/aromatic N) is 2. The first-order chi connectivity index (χ1) is 10.2. The summed E-state index contributed by atoms with van der Waals surface area (Å²) in [5, 5.41) is 9.30. The van der Waals surface area contributed by atoms with Crippen LogP contribution in [0.15, 0.2) is 0 Å². The molecule has 2 saturated heterocycles. The highest BCUT2D eigenvalue weighted by Crippen LogP contribution is 2.26. The molecule has 1 atom stereocenters. The van der Waals surface area contributed by atoms with Crippen LogP contribution in [0.3, 0.4) is 0 Å². The molecule has 0 aromatic carbocycles. The first-order valence-electron chi connectivity index (χ1n) is 8.93. The molecule has 1 N–H and O–H groups in total. The van der Waals surface area contributed by atoms with E-state index in [-0.39, 0.29) is 6.04 Å². The van der Waals surface area contributed by atoms with E-state index in [1.54, 1.807) is 0 Å². The van der Waals surface area contributed by atoms with E-state index in [2.05, 4.69) is 16.7 Å². The summed E-state index contributed by atoms with van der Waals surface area (Å²) in [6.07, 6.45) is 10.9. The van der Waals surface area contributed by atoms with Gasteiger partial charge in [0.05, 0.1) is 0 Å². The van der Waals surface area contributed by atoms with Crippen molar-refractivity contribution in [2.45, 2.75) is 76.8 Å². The molecule has 0 radical (unpaired) electrons. The lowest BCUT2D eigenvalue weighted by Gasteiger charge is -2.38. The highest BCUT2D eigenvalue weighted by molar-refractivity contribution is 5.73. The van der Waals surface area contributed by atoms with Crippen LogP contribution in [0.4, 0.5) is 0 Å². The minimum atomic E-state index is -0.620. The van der Waals surface area contributed by atoms with E-state index in [4.69, 9.17) is 0 Å². The second kappa shape index (κ2) is 8.74. The summed E-state index contributed by atoms with van der Waals surface area (Å²) in [4.78, 5) is 16.1. The van der Waals surface area contributed by atoms with Crippen molar-refractivity contribution in [1.29, 1.82) is 0 Å². The molecule has 2 aliphatic heterocycles. The molecule has 0 spiro atoms. The number of rotatable bonds is 8. The van der Waals surface area contributed by atoms with Crippen molar-refractivity contribution in [2.24, 2.45) is 0 Å². The number of hydrogen-bond acceptors (Lipinski definition) is 3. The topological polar surface area (TPSA) is 43.8 Å². The van der Waals surface area contributed by atoms with Gasteiger partial charge in [0.25, 0.3) is 0 Å². The fourth-order valence-electron chi connectivity index (χ4n) is 3.90. The van der Waals surface area contributed by atoms with Crippen molar-refractivity contribution in [3.63, 3.8) is 0 Å². The highest BCUT2D eigenvalue weighted by Gasteiger charge is 2.36. The predicted octanol–water partition coefficient (Wildman–Crippen LogP) is 2.97. The van der Waals surface area contributed by atoms with E-state index < -0.39 is 5.97 Å². The average Bonchev–Trinajstić information content (AvgIpc) is 2.97. The van der Waals surface area contributed by atoms with E-state index in [1.807, 2.05) is 0 Å². The largest absolute Gasteiger partial charge is 0.480 e. The van der Waals surface area contributed by atoms with Crippen LogP contribution in [0.1, 0.15) is 64.7 Å². The Balaban J connectivity index is 1.65. The van der Waals surface area contributed by atoms with Crippen LogP contribution < -0.4 is 0 Å². The lowest BCUT2D eigenvalue weighted by atomic mass is 10.0. The van der Waals surface area contributed by atoms with Crippen molar-refractivity contribution in [3.05, 3.63) is 0 Å². The third kappa shape index (κ3) is 4.96. The Hall–Kier alpha value is -0.610. The molecule has 0 aromatic rings. The van der Waals surface area contributed by atoms with Crippen LogP contribution >= 0.6 is 0 Å². The summed E-state index contributed by atoms with van der Waals surface area (Å²) in [5.74, 6) is -0.620. The van der Waals surface area contributed by atoms with Crippen molar-refractivity contribution in [1.82, 2.24) is 9.80 Å². The zero-order valence-electron chi connectivity index (χ0n) is 13.6. The molecule has 4 heteroatoms. The number of aliphatic carboxylic acids is 1. The molecule has 2 heterocycles. The molecule has 2 aliphatic rings. The standard InChI is InChI=1S/C17H32N2O2/c1-2-3-4-5-6-11-18-13-9-15(10-14-18)19-12-7-8-16(19)17(20)21/h15-16H,2-14H2,1H3,(H,20,21). The Morgan fingerprint density at radius 2 is 1.76 bits per heavy atom. The van der Waals surface area contributed by atoms with Gasteiger partial charge in [0, 0.05) is 6.04 Å². The first kappa shape index (κ1) is 16.8. The zero-order chi connectivity index (χ0) is 15.1. The van der Waals surface area contributed by atoms with Gasteiger partial charge in [-0.25, -0.2) is 0 Å². The summed E-state index contributed by atoms with van der Waals surface area (Å²) >= 11 is 0. The molecule has 2 fully saturated rings. The van der Waals surface area contributed by atoms with Gasteiger partial charge in [-0.15, -0.1) is 0 Å². The van der Waals surface area contributed by atoms with Gasteiger partial charge in [-0.05, 0) is 58.3 Å². The number of hydrogen-bond donors (Lipinski definition) is 1. The normalized spacial score (nSPS) is 25.5. The molecule has 21 heavy (non-hydrogen) atoms. The average molecular weight is 296 g/mol. The van der Waals surface area contributed by atoms with Crippen molar-refractivity contribution in [3.8, 4) is 0 Å². The molecule has 0 amide bonds. The predicted molar refractivity (Wildman–Crippen MR) is 85.6 cm³/mol. The van der Waals surface area contributed by atoms with E-state index in [1.165, 1.54) is 38.6 Å². The fourth-order valence-corrected chi connectivity index (χ4v) is 3.90. The van der Waals surface area contributed by atoms with Crippen molar-refractivity contribution < 1.29 is 9.90 Å². The molecule has 2 rings (SSSR count). The molecular weight excluding hydrogens is 264 g/mol. The Morgan fingerprint density at radius 1 is 1.05 bits per heavy atom. The van der Waals surface area contributed by atoms with Gasteiger partial charge in [-0.2, -0.15) is 0 Å². The first-order valence-corrected chi connectivity index (χ1v) is 8.93. The maximum Gasteiger partial charge on any atom is 0.320 e. The fraction of sp³-hybridized carbons (Fsp3) is 0.941. The summed E-state index contributed by atoms with van der Waals surface area (Å²) in [6, 6.07) is 0.292. The third-order valence-corrected chi connectivity index (χ3v) is 5.18. The van der Waals surface area contributed by atoms with Gasteiger partial charge < -0.3 is 10.0 Å². The van der Waals surface area contributed by atoms with Crippen LogP contribution in [0.25, 0.3) is 0 Å². The van der Waals surface area contributed by atoms with Crippen LogP contribution in [0.5, 0.6) is 0 Å². The van der Waals surface area contributed by atoms with Crippen LogP contribution in [-0.4, -0.2) is 59.1 Å². The van der Waals surface area contributed by atoms with Gasteiger partial charge in [0.2, 0.25) is 0 Å². The van der Waals surface area contributed by atoms with Crippen LogP contribution in [-0.2, 0) is 4.79 Å². The monoisotopic (exact) mass is 296 g/mol. The van der Waals surface area contributed by atoms with E-state index in [9.17, 15) is 9.90 Å². The molecular formula is C17H32N2O2. The smallest absolute Gasteiger partial charge is 0.320 e. The minimum Gasteiger partial charge on any atom is -0.480 e. The van der Waals surface area contributed by atoms with Crippen LogP contribution in [0, 0.1) is 0 Å². The Morgan fingerprint density at radius 3 is 2.43 bits per heavy atom. The number of piperidine rings is 1. The van der Waals surface area contributed by atoms with Gasteiger partial charge in [0.15, 0.2) is 0 Å². The quantitative estimate of drug-likeness (QED) is 0.699. The number of unbranched alkanes of at least 4 members (excludes halogenated alkanes) is 4. The van der Waals surface area contributed by atoms with Crippen LogP contribution in [0.2, 0.25) is 0 Å². The third-order valence-electron chi connectivity index (χ3n) is 5.18. The maximum atomic E-state index is 11.3. The number of carbonyl (C=O) groups is 1. The second-order valence-electron chi connectivity index (χ2n) is 6.72. The lowest BCUT2D eigenvalue weighted by Crippen LogP contribution is -2.48. The Kier molecular flexibility index (Phi) is 6.97. The summed E-state index contributed by atoms with van der Waals surface area (Å²) in [5.41, 5.74) is 0. The molecule has 4 nitrogen and oxygen atoms in total. The van der Waals surface area contributed by atoms with Crippen molar-refractivity contribution in [2.75, 3.05) is 26.2 Å². The highest BCUT2D eigenvalue weighted by atomic mass is 16.4. The molecule has 122 valence electrons.